The first-order valence-electron chi connectivity index (χ1n) is 7.76. The Hall–Kier alpha value is -1.42. The van der Waals surface area contributed by atoms with Crippen molar-refractivity contribution in [2.75, 3.05) is 13.6 Å². The second-order valence-corrected chi connectivity index (χ2v) is 6.23. The second-order valence-electron chi connectivity index (χ2n) is 6.23. The predicted molar refractivity (Wildman–Crippen MR) is 82.3 cm³/mol. The van der Waals surface area contributed by atoms with Crippen LogP contribution in [-0.2, 0) is 11.3 Å². The molecule has 1 amide bonds. The summed E-state index contributed by atoms with van der Waals surface area (Å²) in [5, 5.41) is 2.89. The monoisotopic (exact) mass is 292 g/mol. The zero-order chi connectivity index (χ0) is 15.2. The van der Waals surface area contributed by atoms with Crippen LogP contribution in [0.25, 0.3) is 0 Å². The maximum Gasteiger partial charge on any atom is 0.234 e. The van der Waals surface area contributed by atoms with Gasteiger partial charge in [0.15, 0.2) is 0 Å². The molecule has 3 nitrogen and oxygen atoms in total. The van der Waals surface area contributed by atoms with E-state index >= 15 is 0 Å². The van der Waals surface area contributed by atoms with E-state index in [0.717, 1.165) is 11.5 Å². The van der Waals surface area contributed by atoms with Crippen molar-refractivity contribution in [1.29, 1.82) is 0 Å². The molecule has 1 N–H and O–H groups in total. The van der Waals surface area contributed by atoms with Crippen molar-refractivity contribution in [3.8, 4) is 0 Å². The van der Waals surface area contributed by atoms with E-state index in [1.54, 1.807) is 12.1 Å². The van der Waals surface area contributed by atoms with Gasteiger partial charge in [0.05, 0.1) is 6.54 Å². The topological polar surface area (TPSA) is 32.3 Å². The Morgan fingerprint density at radius 1 is 1.24 bits per heavy atom. The number of hydrogen-bond donors (Lipinski definition) is 1. The first kappa shape index (κ1) is 16.0. The molecule has 1 saturated carbocycles. The van der Waals surface area contributed by atoms with Crippen molar-refractivity contribution >= 4 is 5.91 Å². The number of carbonyl (C=O) groups excluding carboxylic acids is 1. The normalized spacial score (nSPS) is 22.3. The van der Waals surface area contributed by atoms with Crippen LogP contribution < -0.4 is 5.32 Å². The number of nitrogens with one attached hydrogen (secondary N) is 1. The lowest BCUT2D eigenvalue weighted by Crippen LogP contribution is -2.41. The van der Waals surface area contributed by atoms with Gasteiger partial charge in [-0.05, 0) is 56.3 Å². The van der Waals surface area contributed by atoms with Crippen molar-refractivity contribution < 1.29 is 9.18 Å². The number of carbonyl (C=O) groups is 1. The van der Waals surface area contributed by atoms with Gasteiger partial charge < -0.3 is 5.32 Å². The molecule has 1 aliphatic rings. The van der Waals surface area contributed by atoms with E-state index in [0.29, 0.717) is 19.1 Å². The van der Waals surface area contributed by atoms with Crippen LogP contribution in [0.5, 0.6) is 0 Å². The third kappa shape index (κ3) is 5.12. The van der Waals surface area contributed by atoms with Gasteiger partial charge in [0.25, 0.3) is 0 Å². The summed E-state index contributed by atoms with van der Waals surface area (Å²) < 4.78 is 12.8. The Bertz CT molecular complexity index is 452. The maximum atomic E-state index is 12.8. The van der Waals surface area contributed by atoms with Crippen molar-refractivity contribution in [1.82, 2.24) is 10.2 Å². The summed E-state index contributed by atoms with van der Waals surface area (Å²) >= 11 is 0. The number of nitrogens with zero attached hydrogens (tertiary/aromatic N) is 1. The highest BCUT2D eigenvalue weighted by molar-refractivity contribution is 5.78. The zero-order valence-corrected chi connectivity index (χ0v) is 12.9. The van der Waals surface area contributed by atoms with Gasteiger partial charge in [0.2, 0.25) is 5.91 Å². The average molecular weight is 292 g/mol. The zero-order valence-electron chi connectivity index (χ0n) is 12.9. The number of amides is 1. The van der Waals surface area contributed by atoms with E-state index in [1.807, 2.05) is 7.05 Å². The van der Waals surface area contributed by atoms with E-state index in [9.17, 15) is 9.18 Å². The second kappa shape index (κ2) is 7.55. The van der Waals surface area contributed by atoms with E-state index in [4.69, 9.17) is 0 Å². The first-order valence-corrected chi connectivity index (χ1v) is 7.76. The molecule has 1 fully saturated rings. The summed E-state index contributed by atoms with van der Waals surface area (Å²) in [6.07, 6.45) is 4.88. The summed E-state index contributed by atoms with van der Waals surface area (Å²) in [6.45, 7) is 3.18. The summed E-state index contributed by atoms with van der Waals surface area (Å²) in [4.78, 5) is 14.1. The van der Waals surface area contributed by atoms with Gasteiger partial charge in [0.1, 0.15) is 5.82 Å². The molecule has 2 rings (SSSR count). The SMILES string of the molecule is CC1CCC(N(C)CC(=O)NCc2ccc(F)cc2)CC1. The Balaban J connectivity index is 1.72. The van der Waals surface area contributed by atoms with Crippen LogP contribution in [0.2, 0.25) is 0 Å². The molecule has 1 aromatic carbocycles. The van der Waals surface area contributed by atoms with E-state index in [2.05, 4.69) is 17.1 Å². The van der Waals surface area contributed by atoms with Gasteiger partial charge in [-0.15, -0.1) is 0 Å². The Kier molecular flexibility index (Phi) is 5.74. The molecule has 1 aliphatic carbocycles. The lowest BCUT2D eigenvalue weighted by atomic mass is 9.87. The number of benzene rings is 1. The fourth-order valence-corrected chi connectivity index (χ4v) is 2.90. The van der Waals surface area contributed by atoms with Crippen LogP contribution >= 0.6 is 0 Å². The smallest absolute Gasteiger partial charge is 0.234 e. The number of rotatable bonds is 5. The van der Waals surface area contributed by atoms with Crippen LogP contribution in [-0.4, -0.2) is 30.4 Å². The molecule has 0 aromatic heterocycles. The predicted octanol–water partition coefficient (Wildman–Crippen LogP) is 2.95. The van der Waals surface area contributed by atoms with Gasteiger partial charge in [0, 0.05) is 12.6 Å². The standard InChI is InChI=1S/C17H25FN2O/c1-13-3-9-16(10-4-13)20(2)12-17(21)19-11-14-5-7-15(18)8-6-14/h5-8,13,16H,3-4,9-12H2,1-2H3,(H,19,21). The molecular weight excluding hydrogens is 267 g/mol. The van der Waals surface area contributed by atoms with Crippen LogP contribution in [0.15, 0.2) is 24.3 Å². The fraction of sp³-hybridized carbons (Fsp3) is 0.588. The van der Waals surface area contributed by atoms with Crippen LogP contribution in [0.1, 0.15) is 38.2 Å². The van der Waals surface area contributed by atoms with Crippen LogP contribution in [0, 0.1) is 11.7 Å². The summed E-state index contributed by atoms with van der Waals surface area (Å²) in [5.41, 5.74) is 0.916. The molecule has 0 atom stereocenters. The molecule has 0 unspecified atom stereocenters. The molecule has 0 aliphatic heterocycles. The minimum atomic E-state index is -0.253. The minimum Gasteiger partial charge on any atom is -0.351 e. The van der Waals surface area contributed by atoms with Gasteiger partial charge in [-0.2, -0.15) is 0 Å². The van der Waals surface area contributed by atoms with Crippen LogP contribution in [0.4, 0.5) is 4.39 Å². The molecule has 4 heteroatoms. The molecular formula is C17H25FN2O. The lowest BCUT2D eigenvalue weighted by molar-refractivity contribution is -0.122. The van der Waals surface area contributed by atoms with E-state index < -0.39 is 0 Å². The van der Waals surface area contributed by atoms with Crippen LogP contribution in [0.3, 0.4) is 0 Å². The van der Waals surface area contributed by atoms with E-state index in [-0.39, 0.29) is 11.7 Å². The lowest BCUT2D eigenvalue weighted by Gasteiger charge is -2.33. The fourth-order valence-electron chi connectivity index (χ4n) is 2.90. The van der Waals surface area contributed by atoms with E-state index in [1.165, 1.54) is 37.8 Å². The highest BCUT2D eigenvalue weighted by atomic mass is 19.1. The van der Waals surface area contributed by atoms with Crippen molar-refractivity contribution in [3.63, 3.8) is 0 Å². The number of likely N-dealkylation sites (N-methyl/N-ethyl adjacent to an activating group) is 1. The summed E-state index contributed by atoms with van der Waals surface area (Å²) in [6, 6.07) is 6.75. The Morgan fingerprint density at radius 3 is 2.48 bits per heavy atom. The molecule has 1 aromatic rings. The Morgan fingerprint density at radius 2 is 1.86 bits per heavy atom. The van der Waals surface area contributed by atoms with Crippen molar-refractivity contribution in [3.05, 3.63) is 35.6 Å². The molecule has 0 bridgehead atoms. The van der Waals surface area contributed by atoms with Gasteiger partial charge >= 0.3 is 0 Å². The molecule has 0 saturated heterocycles. The number of halogens is 1. The van der Waals surface area contributed by atoms with Crippen molar-refractivity contribution in [2.24, 2.45) is 5.92 Å². The quantitative estimate of drug-likeness (QED) is 0.905. The summed E-state index contributed by atoms with van der Waals surface area (Å²) in [7, 11) is 2.03. The number of hydrogen-bond acceptors (Lipinski definition) is 2. The molecule has 0 heterocycles. The first-order chi connectivity index (χ1) is 10.0. The van der Waals surface area contributed by atoms with Gasteiger partial charge in [-0.25, -0.2) is 4.39 Å². The highest BCUT2D eigenvalue weighted by Crippen LogP contribution is 2.26. The van der Waals surface area contributed by atoms with Gasteiger partial charge in [-0.3, -0.25) is 9.69 Å². The summed E-state index contributed by atoms with van der Waals surface area (Å²) in [5.74, 6) is 0.596. The molecule has 0 radical (unpaired) electrons. The highest BCUT2D eigenvalue weighted by Gasteiger charge is 2.22. The molecule has 0 spiro atoms. The third-order valence-electron chi connectivity index (χ3n) is 4.40. The third-order valence-corrected chi connectivity index (χ3v) is 4.40. The largest absolute Gasteiger partial charge is 0.351 e. The van der Waals surface area contributed by atoms with Gasteiger partial charge in [-0.1, -0.05) is 19.1 Å². The maximum absolute atomic E-state index is 12.8. The molecule has 21 heavy (non-hydrogen) atoms. The average Bonchev–Trinajstić information content (AvgIpc) is 2.47. The minimum absolute atomic E-state index is 0.0282. The van der Waals surface area contributed by atoms with Crippen molar-refractivity contribution in [2.45, 2.75) is 45.2 Å². The Labute approximate surface area is 126 Å². The molecule has 116 valence electrons.